The number of fused-ring (bicyclic) bond motifs is 1. The summed E-state index contributed by atoms with van der Waals surface area (Å²) in [6, 6.07) is 14.5. The number of para-hydroxylation sites is 1. The molecule has 146 valence electrons. The SMILES string of the molecule is Cc1ccccc1C(CC(=O)O)NC(=O)CCC1Cc2ccccc2NC1=O. The summed E-state index contributed by atoms with van der Waals surface area (Å²) in [4.78, 5) is 36.0. The van der Waals surface area contributed by atoms with E-state index in [-0.39, 0.29) is 30.6 Å². The van der Waals surface area contributed by atoms with Crippen molar-refractivity contribution in [2.45, 2.75) is 38.6 Å². The smallest absolute Gasteiger partial charge is 0.305 e. The van der Waals surface area contributed by atoms with Crippen molar-refractivity contribution in [3.63, 3.8) is 0 Å². The molecule has 0 bridgehead atoms. The monoisotopic (exact) mass is 380 g/mol. The molecule has 2 amide bonds. The number of carbonyl (C=O) groups excluding carboxylic acids is 2. The Hall–Kier alpha value is -3.15. The fourth-order valence-corrected chi connectivity index (χ4v) is 3.61. The zero-order valence-corrected chi connectivity index (χ0v) is 15.8. The van der Waals surface area contributed by atoms with Crippen LogP contribution in [0.15, 0.2) is 48.5 Å². The zero-order valence-electron chi connectivity index (χ0n) is 15.8. The Labute approximate surface area is 164 Å². The van der Waals surface area contributed by atoms with E-state index in [0.29, 0.717) is 12.8 Å². The number of benzene rings is 2. The lowest BCUT2D eigenvalue weighted by Gasteiger charge is -2.25. The van der Waals surface area contributed by atoms with Gasteiger partial charge < -0.3 is 15.7 Å². The highest BCUT2D eigenvalue weighted by Gasteiger charge is 2.27. The summed E-state index contributed by atoms with van der Waals surface area (Å²) in [7, 11) is 0. The van der Waals surface area contributed by atoms with Gasteiger partial charge in [0.25, 0.3) is 0 Å². The van der Waals surface area contributed by atoms with Gasteiger partial charge in [-0.2, -0.15) is 0 Å². The Morgan fingerprint density at radius 2 is 1.89 bits per heavy atom. The molecule has 2 atom stereocenters. The second-order valence-electron chi connectivity index (χ2n) is 7.16. The standard InChI is InChI=1S/C22H24N2O4/c1-14-6-2-4-8-17(14)19(13-21(26)27)23-20(25)11-10-16-12-15-7-3-5-9-18(15)24-22(16)28/h2-9,16,19H,10-13H2,1H3,(H,23,25)(H,24,28)(H,26,27). The van der Waals surface area contributed by atoms with Crippen molar-refractivity contribution in [1.29, 1.82) is 0 Å². The number of amides is 2. The molecule has 2 unspecified atom stereocenters. The molecule has 3 rings (SSSR count). The van der Waals surface area contributed by atoms with Gasteiger partial charge >= 0.3 is 5.97 Å². The number of hydrogen-bond donors (Lipinski definition) is 3. The van der Waals surface area contributed by atoms with Gasteiger partial charge in [0, 0.05) is 18.0 Å². The first-order valence-corrected chi connectivity index (χ1v) is 9.39. The Kier molecular flexibility index (Phi) is 6.09. The van der Waals surface area contributed by atoms with E-state index in [9.17, 15) is 19.5 Å². The molecule has 0 saturated carbocycles. The minimum absolute atomic E-state index is 0.0764. The molecule has 1 heterocycles. The molecule has 6 heteroatoms. The number of anilines is 1. The summed E-state index contributed by atoms with van der Waals surface area (Å²) >= 11 is 0. The molecule has 0 aromatic heterocycles. The van der Waals surface area contributed by atoms with Crippen LogP contribution in [0.1, 0.15) is 42.0 Å². The quantitative estimate of drug-likeness (QED) is 0.687. The maximum absolute atomic E-state index is 12.5. The van der Waals surface area contributed by atoms with E-state index in [2.05, 4.69) is 10.6 Å². The molecular formula is C22H24N2O4. The van der Waals surface area contributed by atoms with Crippen LogP contribution in [0, 0.1) is 12.8 Å². The van der Waals surface area contributed by atoms with Crippen molar-refractivity contribution < 1.29 is 19.5 Å². The molecule has 28 heavy (non-hydrogen) atoms. The molecule has 2 aromatic rings. The first-order valence-electron chi connectivity index (χ1n) is 9.39. The van der Waals surface area contributed by atoms with Crippen molar-refractivity contribution in [1.82, 2.24) is 5.32 Å². The predicted octanol–water partition coefficient (Wildman–Crippen LogP) is 3.22. The van der Waals surface area contributed by atoms with Crippen LogP contribution in [-0.4, -0.2) is 22.9 Å². The van der Waals surface area contributed by atoms with Crippen LogP contribution in [0.2, 0.25) is 0 Å². The van der Waals surface area contributed by atoms with E-state index in [1.807, 2.05) is 55.5 Å². The van der Waals surface area contributed by atoms with E-state index in [1.165, 1.54) is 0 Å². The third kappa shape index (κ3) is 4.76. The van der Waals surface area contributed by atoms with Gasteiger partial charge in [-0.25, -0.2) is 0 Å². The number of aliphatic carboxylic acids is 1. The van der Waals surface area contributed by atoms with Crippen molar-refractivity contribution in [2.75, 3.05) is 5.32 Å². The second-order valence-corrected chi connectivity index (χ2v) is 7.16. The van der Waals surface area contributed by atoms with Gasteiger partial charge in [0.2, 0.25) is 11.8 Å². The largest absolute Gasteiger partial charge is 0.481 e. The van der Waals surface area contributed by atoms with E-state index in [4.69, 9.17) is 0 Å². The number of aryl methyl sites for hydroxylation is 1. The lowest BCUT2D eigenvalue weighted by molar-refractivity contribution is -0.137. The Morgan fingerprint density at radius 1 is 1.18 bits per heavy atom. The first-order chi connectivity index (χ1) is 13.4. The number of carbonyl (C=O) groups is 3. The Morgan fingerprint density at radius 3 is 2.64 bits per heavy atom. The molecule has 1 aliphatic rings. The fraction of sp³-hybridized carbons (Fsp3) is 0.318. The van der Waals surface area contributed by atoms with Crippen molar-refractivity contribution in [3.8, 4) is 0 Å². The third-order valence-corrected chi connectivity index (χ3v) is 5.11. The van der Waals surface area contributed by atoms with Gasteiger partial charge in [-0.3, -0.25) is 14.4 Å². The van der Waals surface area contributed by atoms with Crippen molar-refractivity contribution in [2.24, 2.45) is 5.92 Å². The zero-order chi connectivity index (χ0) is 20.1. The number of carboxylic acid groups (broad SMARTS) is 1. The normalized spacial score (nSPS) is 16.6. The molecule has 6 nitrogen and oxygen atoms in total. The van der Waals surface area contributed by atoms with Crippen LogP contribution in [0.25, 0.3) is 0 Å². The van der Waals surface area contributed by atoms with Crippen molar-refractivity contribution in [3.05, 3.63) is 65.2 Å². The summed E-state index contributed by atoms with van der Waals surface area (Å²) in [5.74, 6) is -1.57. The minimum atomic E-state index is -0.975. The Bertz CT molecular complexity index is 894. The summed E-state index contributed by atoms with van der Waals surface area (Å²) < 4.78 is 0. The van der Waals surface area contributed by atoms with Gasteiger partial charge in [0.15, 0.2) is 0 Å². The predicted molar refractivity (Wildman–Crippen MR) is 106 cm³/mol. The molecule has 0 radical (unpaired) electrons. The van der Waals surface area contributed by atoms with Crippen LogP contribution in [-0.2, 0) is 20.8 Å². The van der Waals surface area contributed by atoms with Crippen LogP contribution >= 0.6 is 0 Å². The molecular weight excluding hydrogens is 356 g/mol. The number of nitrogens with one attached hydrogen (secondary N) is 2. The van der Waals surface area contributed by atoms with E-state index < -0.39 is 12.0 Å². The van der Waals surface area contributed by atoms with Gasteiger partial charge in [0.1, 0.15) is 0 Å². The van der Waals surface area contributed by atoms with Gasteiger partial charge in [-0.1, -0.05) is 42.5 Å². The van der Waals surface area contributed by atoms with Gasteiger partial charge in [-0.05, 0) is 42.5 Å². The summed E-state index contributed by atoms with van der Waals surface area (Å²) in [6.45, 7) is 1.89. The molecule has 2 aromatic carbocycles. The van der Waals surface area contributed by atoms with Gasteiger partial charge in [-0.15, -0.1) is 0 Å². The highest BCUT2D eigenvalue weighted by Crippen LogP contribution is 2.28. The highest BCUT2D eigenvalue weighted by molar-refractivity contribution is 5.96. The second kappa shape index (κ2) is 8.69. The fourth-order valence-electron chi connectivity index (χ4n) is 3.61. The summed E-state index contributed by atoms with van der Waals surface area (Å²) in [5, 5.41) is 14.9. The third-order valence-electron chi connectivity index (χ3n) is 5.11. The van der Waals surface area contributed by atoms with Crippen LogP contribution in [0.4, 0.5) is 5.69 Å². The molecule has 0 saturated heterocycles. The van der Waals surface area contributed by atoms with E-state index in [0.717, 1.165) is 22.4 Å². The lowest BCUT2D eigenvalue weighted by Crippen LogP contribution is -2.33. The first kappa shape index (κ1) is 19.6. The molecule has 1 aliphatic heterocycles. The summed E-state index contributed by atoms with van der Waals surface area (Å²) in [5.41, 5.74) is 3.62. The minimum Gasteiger partial charge on any atom is -0.481 e. The van der Waals surface area contributed by atoms with Gasteiger partial charge in [0.05, 0.1) is 12.5 Å². The molecule has 0 spiro atoms. The van der Waals surface area contributed by atoms with Crippen LogP contribution in [0.5, 0.6) is 0 Å². The number of rotatable bonds is 7. The van der Waals surface area contributed by atoms with E-state index in [1.54, 1.807) is 0 Å². The molecule has 0 fully saturated rings. The van der Waals surface area contributed by atoms with E-state index >= 15 is 0 Å². The maximum Gasteiger partial charge on any atom is 0.305 e. The number of carboxylic acids is 1. The lowest BCUT2D eigenvalue weighted by atomic mass is 9.89. The Balaban J connectivity index is 1.61. The van der Waals surface area contributed by atoms with Crippen LogP contribution < -0.4 is 10.6 Å². The summed E-state index contributed by atoms with van der Waals surface area (Å²) in [6.07, 6.45) is 1.00. The highest BCUT2D eigenvalue weighted by atomic mass is 16.4. The molecule has 3 N–H and O–H groups in total. The average Bonchev–Trinajstić information content (AvgIpc) is 2.66. The van der Waals surface area contributed by atoms with Crippen LogP contribution in [0.3, 0.4) is 0 Å². The van der Waals surface area contributed by atoms with Crippen molar-refractivity contribution >= 4 is 23.5 Å². The number of hydrogen-bond acceptors (Lipinski definition) is 3. The topological polar surface area (TPSA) is 95.5 Å². The maximum atomic E-state index is 12.5. The average molecular weight is 380 g/mol. The molecule has 0 aliphatic carbocycles.